The predicted molar refractivity (Wildman–Crippen MR) is 54.8 cm³/mol. The molecule has 3 nitrogen and oxygen atoms in total. The van der Waals surface area contributed by atoms with Crippen LogP contribution in [0.4, 0.5) is 0 Å². The third-order valence-corrected chi connectivity index (χ3v) is 2.01. The first kappa shape index (κ1) is 10.3. The number of hydrogen-bond acceptors (Lipinski definition) is 2. The second-order valence-electron chi connectivity index (χ2n) is 3.85. The maximum atomic E-state index is 4.37. The van der Waals surface area contributed by atoms with Gasteiger partial charge in [-0.2, -0.15) is 5.10 Å². The fourth-order valence-corrected chi connectivity index (χ4v) is 1.18. The topological polar surface area (TPSA) is 29.9 Å². The summed E-state index contributed by atoms with van der Waals surface area (Å²) in [6.45, 7) is 9.46. The second kappa shape index (κ2) is 4.42. The van der Waals surface area contributed by atoms with E-state index in [0.717, 1.165) is 12.2 Å². The molecule has 0 aliphatic heterocycles. The van der Waals surface area contributed by atoms with Crippen LogP contribution in [0.1, 0.15) is 32.5 Å². The second-order valence-corrected chi connectivity index (χ2v) is 3.85. The molecule has 0 spiro atoms. The lowest BCUT2D eigenvalue weighted by Gasteiger charge is -2.15. The SMILES string of the molecule is Cc1ccn(C(C)CNC(C)C)n1. The summed E-state index contributed by atoms with van der Waals surface area (Å²) in [5.41, 5.74) is 1.08. The van der Waals surface area contributed by atoms with E-state index in [4.69, 9.17) is 0 Å². The molecule has 0 aromatic carbocycles. The van der Waals surface area contributed by atoms with E-state index >= 15 is 0 Å². The maximum Gasteiger partial charge on any atom is 0.0615 e. The fraction of sp³-hybridized carbons (Fsp3) is 0.700. The van der Waals surface area contributed by atoms with Crippen LogP contribution >= 0.6 is 0 Å². The van der Waals surface area contributed by atoms with Crippen molar-refractivity contribution in [2.24, 2.45) is 0 Å². The number of rotatable bonds is 4. The first-order valence-corrected chi connectivity index (χ1v) is 4.84. The highest BCUT2D eigenvalue weighted by molar-refractivity contribution is 4.95. The van der Waals surface area contributed by atoms with E-state index in [-0.39, 0.29) is 0 Å². The van der Waals surface area contributed by atoms with Crippen LogP contribution in [-0.4, -0.2) is 22.4 Å². The van der Waals surface area contributed by atoms with Crippen molar-refractivity contribution < 1.29 is 0 Å². The molecule has 0 aliphatic rings. The smallest absolute Gasteiger partial charge is 0.0615 e. The van der Waals surface area contributed by atoms with Crippen LogP contribution in [0, 0.1) is 6.92 Å². The lowest BCUT2D eigenvalue weighted by Crippen LogP contribution is -2.29. The van der Waals surface area contributed by atoms with Gasteiger partial charge in [-0.05, 0) is 19.9 Å². The zero-order valence-corrected chi connectivity index (χ0v) is 8.91. The summed E-state index contributed by atoms with van der Waals surface area (Å²) in [7, 11) is 0. The standard InChI is InChI=1S/C10H19N3/c1-8(2)11-7-10(4)13-6-5-9(3)12-13/h5-6,8,10-11H,7H2,1-4H3. The largest absolute Gasteiger partial charge is 0.312 e. The van der Waals surface area contributed by atoms with Gasteiger partial charge in [0.1, 0.15) is 0 Å². The Morgan fingerprint density at radius 2 is 2.15 bits per heavy atom. The minimum atomic E-state index is 0.427. The van der Waals surface area contributed by atoms with Crippen molar-refractivity contribution in [1.29, 1.82) is 0 Å². The third kappa shape index (κ3) is 3.19. The van der Waals surface area contributed by atoms with Crippen molar-refractivity contribution in [1.82, 2.24) is 15.1 Å². The Morgan fingerprint density at radius 1 is 1.46 bits per heavy atom. The summed E-state index contributed by atoms with van der Waals surface area (Å²) >= 11 is 0. The molecule has 74 valence electrons. The Hall–Kier alpha value is -0.830. The van der Waals surface area contributed by atoms with Crippen LogP contribution in [0.5, 0.6) is 0 Å². The van der Waals surface area contributed by atoms with E-state index < -0.39 is 0 Å². The van der Waals surface area contributed by atoms with E-state index in [1.807, 2.05) is 23.9 Å². The van der Waals surface area contributed by atoms with Crippen LogP contribution in [0.2, 0.25) is 0 Å². The molecule has 1 unspecified atom stereocenters. The number of aryl methyl sites for hydroxylation is 1. The van der Waals surface area contributed by atoms with Gasteiger partial charge in [0.25, 0.3) is 0 Å². The molecular weight excluding hydrogens is 162 g/mol. The third-order valence-electron chi connectivity index (χ3n) is 2.01. The van der Waals surface area contributed by atoms with Gasteiger partial charge in [0, 0.05) is 18.8 Å². The minimum Gasteiger partial charge on any atom is -0.312 e. The Morgan fingerprint density at radius 3 is 2.62 bits per heavy atom. The van der Waals surface area contributed by atoms with Crippen LogP contribution in [-0.2, 0) is 0 Å². The maximum absolute atomic E-state index is 4.37. The predicted octanol–water partition coefficient (Wildman–Crippen LogP) is 1.75. The van der Waals surface area contributed by atoms with Gasteiger partial charge in [0.2, 0.25) is 0 Å². The van der Waals surface area contributed by atoms with Crippen molar-refractivity contribution in [3.05, 3.63) is 18.0 Å². The lowest BCUT2D eigenvalue weighted by molar-refractivity contribution is 0.432. The Balaban J connectivity index is 2.44. The molecule has 0 bridgehead atoms. The average Bonchev–Trinajstić information content (AvgIpc) is 2.47. The molecule has 13 heavy (non-hydrogen) atoms. The molecule has 1 rings (SSSR count). The molecule has 1 heterocycles. The number of hydrogen-bond donors (Lipinski definition) is 1. The first-order chi connectivity index (χ1) is 6.09. The quantitative estimate of drug-likeness (QED) is 0.767. The molecule has 1 N–H and O–H groups in total. The zero-order valence-electron chi connectivity index (χ0n) is 8.91. The minimum absolute atomic E-state index is 0.427. The van der Waals surface area contributed by atoms with Gasteiger partial charge in [-0.25, -0.2) is 0 Å². The first-order valence-electron chi connectivity index (χ1n) is 4.84. The summed E-state index contributed by atoms with van der Waals surface area (Å²) in [6.07, 6.45) is 2.03. The molecule has 0 aliphatic carbocycles. The van der Waals surface area contributed by atoms with Crippen LogP contribution in [0.25, 0.3) is 0 Å². The normalized spacial score (nSPS) is 13.6. The Labute approximate surface area is 80.1 Å². The summed E-state index contributed by atoms with van der Waals surface area (Å²) < 4.78 is 2.00. The van der Waals surface area contributed by atoms with E-state index in [2.05, 4.69) is 31.2 Å². The highest BCUT2D eigenvalue weighted by Gasteiger charge is 2.05. The van der Waals surface area contributed by atoms with E-state index in [9.17, 15) is 0 Å². The molecule has 0 saturated heterocycles. The van der Waals surface area contributed by atoms with E-state index in [1.54, 1.807) is 0 Å². The highest BCUT2D eigenvalue weighted by Crippen LogP contribution is 2.03. The average molecular weight is 181 g/mol. The summed E-state index contributed by atoms with van der Waals surface area (Å²) in [6, 6.07) is 3.00. The highest BCUT2D eigenvalue weighted by atomic mass is 15.3. The molecule has 1 aromatic heterocycles. The summed E-state index contributed by atoms with van der Waals surface area (Å²) in [4.78, 5) is 0. The van der Waals surface area contributed by atoms with Gasteiger partial charge >= 0.3 is 0 Å². The molecule has 0 radical (unpaired) electrons. The zero-order chi connectivity index (χ0) is 9.84. The van der Waals surface area contributed by atoms with Crippen LogP contribution in [0.3, 0.4) is 0 Å². The van der Waals surface area contributed by atoms with Crippen LogP contribution in [0.15, 0.2) is 12.3 Å². The van der Waals surface area contributed by atoms with Gasteiger partial charge in [0.15, 0.2) is 0 Å². The number of aromatic nitrogens is 2. The molecule has 1 atom stereocenters. The van der Waals surface area contributed by atoms with Gasteiger partial charge < -0.3 is 5.32 Å². The van der Waals surface area contributed by atoms with Gasteiger partial charge in [-0.15, -0.1) is 0 Å². The van der Waals surface area contributed by atoms with Crippen molar-refractivity contribution in [3.63, 3.8) is 0 Å². The van der Waals surface area contributed by atoms with Gasteiger partial charge in [-0.3, -0.25) is 4.68 Å². The molecule has 0 saturated carbocycles. The van der Waals surface area contributed by atoms with E-state index in [0.29, 0.717) is 12.1 Å². The Bertz CT molecular complexity index is 252. The van der Waals surface area contributed by atoms with Crippen molar-refractivity contribution in [2.45, 2.75) is 39.8 Å². The van der Waals surface area contributed by atoms with E-state index in [1.165, 1.54) is 0 Å². The lowest BCUT2D eigenvalue weighted by atomic mass is 10.3. The Kier molecular flexibility index (Phi) is 3.48. The van der Waals surface area contributed by atoms with Gasteiger partial charge in [0.05, 0.1) is 11.7 Å². The summed E-state index contributed by atoms with van der Waals surface area (Å²) in [5.74, 6) is 0. The molecule has 0 fully saturated rings. The monoisotopic (exact) mass is 181 g/mol. The molecular formula is C10H19N3. The number of nitrogens with zero attached hydrogens (tertiary/aromatic N) is 2. The van der Waals surface area contributed by atoms with Crippen molar-refractivity contribution >= 4 is 0 Å². The molecule has 1 aromatic rings. The van der Waals surface area contributed by atoms with Crippen LogP contribution < -0.4 is 5.32 Å². The van der Waals surface area contributed by atoms with Gasteiger partial charge in [-0.1, -0.05) is 13.8 Å². The summed E-state index contributed by atoms with van der Waals surface area (Å²) in [5, 5.41) is 7.76. The molecule has 0 amide bonds. The van der Waals surface area contributed by atoms with Crippen molar-refractivity contribution in [2.75, 3.05) is 6.54 Å². The van der Waals surface area contributed by atoms with Crippen molar-refractivity contribution in [3.8, 4) is 0 Å². The fourth-order valence-electron chi connectivity index (χ4n) is 1.18. The molecule has 3 heteroatoms. The number of nitrogens with one attached hydrogen (secondary N) is 1.